The lowest BCUT2D eigenvalue weighted by Gasteiger charge is -2.53. The summed E-state index contributed by atoms with van der Waals surface area (Å²) in [6.45, 7) is 22.2. The monoisotopic (exact) mass is 340 g/mol. The summed E-state index contributed by atoms with van der Waals surface area (Å²) < 4.78 is 11.7. The molecule has 134 valence electrons. The van der Waals surface area contributed by atoms with Gasteiger partial charge >= 0.3 is 5.97 Å². The van der Waals surface area contributed by atoms with Crippen molar-refractivity contribution in [3.63, 3.8) is 0 Å². The van der Waals surface area contributed by atoms with Crippen molar-refractivity contribution in [2.24, 2.45) is 10.8 Å². The Morgan fingerprint density at radius 2 is 1.83 bits per heavy atom. The van der Waals surface area contributed by atoms with E-state index in [1.54, 1.807) is 0 Å². The van der Waals surface area contributed by atoms with Gasteiger partial charge in [-0.1, -0.05) is 53.7 Å². The third-order valence-electron chi connectivity index (χ3n) is 6.23. The van der Waals surface area contributed by atoms with Gasteiger partial charge in [0.1, 0.15) is 0 Å². The molecule has 0 heterocycles. The average Bonchev–Trinajstić information content (AvgIpc) is 2.39. The van der Waals surface area contributed by atoms with Crippen molar-refractivity contribution in [1.29, 1.82) is 0 Å². The normalized spacial score (nSPS) is 28.6. The minimum Gasteiger partial charge on any atom is -0.469 e. The third kappa shape index (κ3) is 4.08. The molecule has 0 spiro atoms. The van der Waals surface area contributed by atoms with Crippen molar-refractivity contribution < 1.29 is 14.0 Å². The van der Waals surface area contributed by atoms with Gasteiger partial charge < -0.3 is 9.16 Å². The lowest BCUT2D eigenvalue weighted by Crippen LogP contribution is -2.53. The van der Waals surface area contributed by atoms with E-state index in [2.05, 4.69) is 61.2 Å². The van der Waals surface area contributed by atoms with E-state index in [-0.39, 0.29) is 27.9 Å². The zero-order chi connectivity index (χ0) is 18.3. The molecule has 1 aliphatic carbocycles. The van der Waals surface area contributed by atoms with Crippen LogP contribution >= 0.6 is 0 Å². The largest absolute Gasteiger partial charge is 0.469 e. The highest BCUT2D eigenvalue weighted by molar-refractivity contribution is 6.74. The zero-order valence-corrected chi connectivity index (χ0v) is 17.6. The Balaban J connectivity index is 3.18. The van der Waals surface area contributed by atoms with Crippen LogP contribution in [0.25, 0.3) is 0 Å². The molecule has 0 aliphatic heterocycles. The van der Waals surface area contributed by atoms with Crippen molar-refractivity contribution >= 4 is 14.3 Å². The average molecular weight is 341 g/mol. The van der Waals surface area contributed by atoms with Gasteiger partial charge in [0, 0.05) is 5.41 Å². The second-order valence-electron chi connectivity index (χ2n) is 9.44. The summed E-state index contributed by atoms with van der Waals surface area (Å²) in [5, 5.41) is 0.146. The van der Waals surface area contributed by atoms with Gasteiger partial charge in [-0.2, -0.15) is 0 Å². The molecule has 0 amide bonds. The van der Waals surface area contributed by atoms with Crippen LogP contribution in [0.3, 0.4) is 0 Å². The molecule has 1 rings (SSSR count). The molecule has 2 atom stereocenters. The predicted octanol–water partition coefficient (Wildman–Crippen LogP) is 5.32. The number of carbonyl (C=O) groups excluding carboxylic acids is 1. The van der Waals surface area contributed by atoms with Crippen LogP contribution in [0, 0.1) is 10.8 Å². The first-order valence-corrected chi connectivity index (χ1v) is 11.5. The Kier molecular flexibility index (Phi) is 5.65. The Bertz CT molecular complexity index is 473. The van der Waals surface area contributed by atoms with E-state index in [1.807, 2.05) is 0 Å². The molecule has 0 aromatic heterocycles. The van der Waals surface area contributed by atoms with E-state index in [9.17, 15) is 4.79 Å². The van der Waals surface area contributed by atoms with E-state index in [0.717, 1.165) is 18.4 Å². The van der Waals surface area contributed by atoms with Crippen molar-refractivity contribution in [3.8, 4) is 0 Å². The molecule has 3 nitrogen and oxygen atoms in total. The maximum atomic E-state index is 12.0. The Morgan fingerprint density at radius 3 is 2.26 bits per heavy atom. The minimum atomic E-state index is -1.91. The van der Waals surface area contributed by atoms with Crippen LogP contribution in [0.2, 0.25) is 18.1 Å². The van der Waals surface area contributed by atoms with E-state index in [4.69, 9.17) is 9.16 Å². The lowest BCUT2D eigenvalue weighted by atomic mass is 9.58. The number of ether oxygens (including phenoxy) is 1. The molecule has 0 radical (unpaired) electrons. The lowest BCUT2D eigenvalue weighted by molar-refractivity contribution is -0.145. The van der Waals surface area contributed by atoms with E-state index >= 15 is 0 Å². The fourth-order valence-electron chi connectivity index (χ4n) is 3.24. The van der Waals surface area contributed by atoms with E-state index in [0.29, 0.717) is 6.42 Å². The molecule has 0 aromatic carbocycles. The van der Waals surface area contributed by atoms with Gasteiger partial charge in [-0.25, -0.2) is 0 Å². The first-order chi connectivity index (χ1) is 10.2. The maximum Gasteiger partial charge on any atom is 0.306 e. The van der Waals surface area contributed by atoms with Crippen LogP contribution in [0.1, 0.15) is 60.8 Å². The van der Waals surface area contributed by atoms with Crippen molar-refractivity contribution in [2.45, 2.75) is 85.0 Å². The molecule has 4 heteroatoms. The fraction of sp³-hybridized carbons (Fsp3) is 0.842. The number of rotatable bonds is 4. The molecule has 1 fully saturated rings. The Hall–Kier alpha value is -0.613. The first-order valence-electron chi connectivity index (χ1n) is 8.62. The second kappa shape index (κ2) is 6.36. The fourth-order valence-corrected chi connectivity index (χ4v) is 4.69. The van der Waals surface area contributed by atoms with Crippen LogP contribution in [-0.2, 0) is 14.0 Å². The number of methoxy groups -OCH3 is 1. The highest BCUT2D eigenvalue weighted by atomic mass is 28.4. The molecule has 0 unspecified atom stereocenters. The SMILES string of the molecule is C=C1C(C)(C)CC[C@@H](O[Si](C)(C)C(C)(C)C)[C@]1(C)CC(=O)OC. The second-order valence-corrected chi connectivity index (χ2v) is 14.2. The summed E-state index contributed by atoms with van der Waals surface area (Å²) in [5.41, 5.74) is 0.769. The quantitative estimate of drug-likeness (QED) is 0.394. The van der Waals surface area contributed by atoms with Crippen molar-refractivity contribution in [1.82, 2.24) is 0 Å². The van der Waals surface area contributed by atoms with Crippen molar-refractivity contribution in [2.75, 3.05) is 7.11 Å². The topological polar surface area (TPSA) is 35.5 Å². The van der Waals surface area contributed by atoms with Gasteiger partial charge in [0.25, 0.3) is 0 Å². The van der Waals surface area contributed by atoms with Gasteiger partial charge in [0.2, 0.25) is 0 Å². The molecule has 1 aliphatic rings. The number of carbonyl (C=O) groups is 1. The van der Waals surface area contributed by atoms with Crippen LogP contribution < -0.4 is 0 Å². The molecule has 23 heavy (non-hydrogen) atoms. The van der Waals surface area contributed by atoms with Gasteiger partial charge in [-0.3, -0.25) is 4.79 Å². The summed E-state index contributed by atoms with van der Waals surface area (Å²) in [6, 6.07) is 0. The van der Waals surface area contributed by atoms with E-state index < -0.39 is 8.32 Å². The van der Waals surface area contributed by atoms with Crippen LogP contribution in [-0.4, -0.2) is 27.5 Å². The number of hydrogen-bond acceptors (Lipinski definition) is 3. The van der Waals surface area contributed by atoms with Gasteiger partial charge in [-0.15, -0.1) is 0 Å². The van der Waals surface area contributed by atoms with Gasteiger partial charge in [0.15, 0.2) is 8.32 Å². The molecule has 0 aromatic rings. The summed E-state index contributed by atoms with van der Waals surface area (Å²) in [6.07, 6.45) is 2.38. The Labute approximate surface area is 144 Å². The maximum absolute atomic E-state index is 12.0. The van der Waals surface area contributed by atoms with E-state index in [1.165, 1.54) is 7.11 Å². The summed E-state index contributed by atoms with van der Waals surface area (Å²) >= 11 is 0. The highest BCUT2D eigenvalue weighted by Gasteiger charge is 2.51. The molecular weight excluding hydrogens is 304 g/mol. The number of esters is 1. The molecule has 0 saturated heterocycles. The molecule has 0 bridgehead atoms. The standard InChI is InChI=1S/C19H36O3Si/c1-14-18(5,6)12-11-15(19(14,7)13-16(20)21-8)22-23(9,10)17(2,3)4/h15H,1,11-13H2,2-10H3/t15-,19-/m1/s1. The van der Waals surface area contributed by atoms with Crippen molar-refractivity contribution in [3.05, 3.63) is 12.2 Å². The van der Waals surface area contributed by atoms with Crippen LogP contribution in [0.4, 0.5) is 0 Å². The smallest absolute Gasteiger partial charge is 0.306 e. The summed E-state index contributed by atoms with van der Waals surface area (Å²) in [5.74, 6) is -0.185. The summed E-state index contributed by atoms with van der Waals surface area (Å²) in [4.78, 5) is 12.0. The van der Waals surface area contributed by atoms with Gasteiger partial charge in [0.05, 0.1) is 19.6 Å². The van der Waals surface area contributed by atoms with Crippen LogP contribution in [0.5, 0.6) is 0 Å². The van der Waals surface area contributed by atoms with Crippen LogP contribution in [0.15, 0.2) is 12.2 Å². The summed E-state index contributed by atoms with van der Waals surface area (Å²) in [7, 11) is -0.461. The number of hydrogen-bond donors (Lipinski definition) is 0. The molecule has 1 saturated carbocycles. The first kappa shape index (κ1) is 20.4. The highest BCUT2D eigenvalue weighted by Crippen LogP contribution is 2.54. The van der Waals surface area contributed by atoms with Gasteiger partial charge in [-0.05, 0) is 36.4 Å². The predicted molar refractivity (Wildman–Crippen MR) is 99.0 cm³/mol. The molecule has 0 N–H and O–H groups in total. The zero-order valence-electron chi connectivity index (χ0n) is 16.6. The minimum absolute atomic E-state index is 0.0239. The molecular formula is C19H36O3Si. The third-order valence-corrected chi connectivity index (χ3v) is 10.7. The Morgan fingerprint density at radius 1 is 1.30 bits per heavy atom.